The van der Waals surface area contributed by atoms with Gasteiger partial charge in [0, 0.05) is 17.5 Å². The normalized spacial score (nSPS) is 18.1. The molecule has 0 bridgehead atoms. The lowest BCUT2D eigenvalue weighted by Crippen LogP contribution is -2.33. The molecule has 0 aliphatic heterocycles. The molecule has 1 aromatic carbocycles. The highest BCUT2D eigenvalue weighted by Crippen LogP contribution is 2.44. The van der Waals surface area contributed by atoms with Crippen LogP contribution in [0.15, 0.2) is 6.07 Å². The second kappa shape index (κ2) is 5.02. The van der Waals surface area contributed by atoms with Gasteiger partial charge in [0.25, 0.3) is 0 Å². The smallest absolute Gasteiger partial charge is 0.202 e. The van der Waals surface area contributed by atoms with E-state index in [4.69, 9.17) is 22.1 Å². The summed E-state index contributed by atoms with van der Waals surface area (Å²) in [4.78, 5) is 0. The van der Waals surface area contributed by atoms with Crippen molar-refractivity contribution in [3.8, 4) is 5.75 Å². The zero-order valence-corrected chi connectivity index (χ0v) is 11.0. The molecule has 5 heteroatoms. The molecule has 0 aromatic heterocycles. The second-order valence-electron chi connectivity index (χ2n) is 4.76. The Kier molecular flexibility index (Phi) is 3.78. The van der Waals surface area contributed by atoms with Crippen molar-refractivity contribution in [1.82, 2.24) is 0 Å². The van der Waals surface area contributed by atoms with Crippen molar-refractivity contribution >= 4 is 11.6 Å². The molecule has 0 heterocycles. The molecular formula is C13H16ClF2NO. The Balaban J connectivity index is 2.58. The Morgan fingerprint density at radius 3 is 2.44 bits per heavy atom. The van der Waals surface area contributed by atoms with Gasteiger partial charge < -0.3 is 10.5 Å². The Labute approximate surface area is 110 Å². The van der Waals surface area contributed by atoms with E-state index < -0.39 is 17.0 Å². The number of halogens is 3. The van der Waals surface area contributed by atoms with Crippen molar-refractivity contribution in [2.75, 3.05) is 13.7 Å². The van der Waals surface area contributed by atoms with Gasteiger partial charge in [-0.15, -0.1) is 0 Å². The molecule has 0 saturated heterocycles. The number of rotatable bonds is 3. The SMILES string of the molecule is COc1c(Cl)cc(C2(CN)CCCC2)c(F)c1F. The highest BCUT2D eigenvalue weighted by Gasteiger charge is 2.38. The summed E-state index contributed by atoms with van der Waals surface area (Å²) in [7, 11) is 1.26. The summed E-state index contributed by atoms with van der Waals surface area (Å²) in [6, 6.07) is 1.46. The summed E-state index contributed by atoms with van der Waals surface area (Å²) in [6.07, 6.45) is 3.48. The Bertz CT molecular complexity index is 459. The predicted octanol–water partition coefficient (Wildman–Crippen LogP) is 3.40. The molecule has 1 aliphatic carbocycles. The van der Waals surface area contributed by atoms with Crippen LogP contribution in [0.3, 0.4) is 0 Å². The summed E-state index contributed by atoms with van der Waals surface area (Å²) in [5.41, 5.74) is 5.57. The Morgan fingerprint density at radius 1 is 1.33 bits per heavy atom. The van der Waals surface area contributed by atoms with Gasteiger partial charge in [-0.2, -0.15) is 4.39 Å². The summed E-state index contributed by atoms with van der Waals surface area (Å²) in [5, 5.41) is 0.0890. The van der Waals surface area contributed by atoms with Crippen LogP contribution in [0.4, 0.5) is 8.78 Å². The lowest BCUT2D eigenvalue weighted by Gasteiger charge is -2.29. The molecule has 1 aliphatic rings. The van der Waals surface area contributed by atoms with Crippen LogP contribution in [0.2, 0.25) is 5.02 Å². The highest BCUT2D eigenvalue weighted by molar-refractivity contribution is 6.32. The fourth-order valence-electron chi connectivity index (χ4n) is 2.79. The topological polar surface area (TPSA) is 35.2 Å². The molecule has 0 atom stereocenters. The summed E-state index contributed by atoms with van der Waals surface area (Å²) in [6.45, 7) is 0.298. The minimum Gasteiger partial charge on any atom is -0.492 e. The molecule has 100 valence electrons. The van der Waals surface area contributed by atoms with E-state index in [1.54, 1.807) is 0 Å². The number of hydrogen-bond acceptors (Lipinski definition) is 2. The van der Waals surface area contributed by atoms with E-state index in [9.17, 15) is 8.78 Å². The van der Waals surface area contributed by atoms with Gasteiger partial charge >= 0.3 is 0 Å². The van der Waals surface area contributed by atoms with E-state index in [0.29, 0.717) is 6.54 Å². The van der Waals surface area contributed by atoms with Gasteiger partial charge in [0.05, 0.1) is 12.1 Å². The van der Waals surface area contributed by atoms with Gasteiger partial charge in [-0.3, -0.25) is 0 Å². The average molecular weight is 276 g/mol. The van der Waals surface area contributed by atoms with Gasteiger partial charge in [0.1, 0.15) is 0 Å². The van der Waals surface area contributed by atoms with Crippen LogP contribution in [-0.2, 0) is 5.41 Å². The maximum atomic E-state index is 14.1. The molecule has 18 heavy (non-hydrogen) atoms. The molecule has 0 unspecified atom stereocenters. The third kappa shape index (κ3) is 1.97. The van der Waals surface area contributed by atoms with E-state index >= 15 is 0 Å². The van der Waals surface area contributed by atoms with Crippen molar-refractivity contribution in [1.29, 1.82) is 0 Å². The standard InChI is InChI=1S/C13H16ClF2NO/c1-18-12-9(14)6-8(10(15)11(12)16)13(7-17)4-2-3-5-13/h6H,2-5,7,17H2,1H3. The maximum Gasteiger partial charge on any atom is 0.202 e. The van der Waals surface area contributed by atoms with Crippen LogP contribution in [0.25, 0.3) is 0 Å². The van der Waals surface area contributed by atoms with E-state index in [0.717, 1.165) is 25.7 Å². The first-order valence-corrected chi connectivity index (χ1v) is 6.35. The first kappa shape index (κ1) is 13.6. The number of nitrogens with two attached hydrogens (primary N) is 1. The molecule has 0 amide bonds. The number of hydrogen-bond donors (Lipinski definition) is 1. The highest BCUT2D eigenvalue weighted by atomic mass is 35.5. The minimum atomic E-state index is -1.03. The molecular weight excluding hydrogens is 260 g/mol. The maximum absolute atomic E-state index is 14.1. The van der Waals surface area contributed by atoms with Crippen LogP contribution < -0.4 is 10.5 Å². The summed E-state index contributed by atoms with van der Waals surface area (Å²) < 4.78 is 32.8. The van der Waals surface area contributed by atoms with Gasteiger partial charge in [0.2, 0.25) is 5.82 Å². The fraction of sp³-hybridized carbons (Fsp3) is 0.538. The van der Waals surface area contributed by atoms with Crippen LogP contribution in [0, 0.1) is 11.6 Å². The molecule has 2 rings (SSSR count). The van der Waals surface area contributed by atoms with E-state index in [2.05, 4.69) is 0 Å². The monoisotopic (exact) mass is 275 g/mol. The molecule has 2 nitrogen and oxygen atoms in total. The molecule has 0 radical (unpaired) electrons. The Morgan fingerprint density at radius 2 is 1.94 bits per heavy atom. The predicted molar refractivity (Wildman–Crippen MR) is 67.1 cm³/mol. The van der Waals surface area contributed by atoms with E-state index in [-0.39, 0.29) is 16.3 Å². The van der Waals surface area contributed by atoms with Crippen LogP contribution in [0.1, 0.15) is 31.2 Å². The van der Waals surface area contributed by atoms with Crippen LogP contribution >= 0.6 is 11.6 Å². The molecule has 1 fully saturated rings. The van der Waals surface area contributed by atoms with Crippen molar-refractivity contribution < 1.29 is 13.5 Å². The lowest BCUT2D eigenvalue weighted by atomic mass is 9.78. The van der Waals surface area contributed by atoms with Crippen molar-refractivity contribution in [3.05, 3.63) is 28.3 Å². The second-order valence-corrected chi connectivity index (χ2v) is 5.17. The molecule has 2 N–H and O–H groups in total. The quantitative estimate of drug-likeness (QED) is 0.858. The zero-order valence-electron chi connectivity index (χ0n) is 10.2. The number of benzene rings is 1. The van der Waals surface area contributed by atoms with Gasteiger partial charge in [-0.1, -0.05) is 24.4 Å². The van der Waals surface area contributed by atoms with Gasteiger partial charge in [0.15, 0.2) is 11.6 Å². The van der Waals surface area contributed by atoms with Crippen molar-refractivity contribution in [2.45, 2.75) is 31.1 Å². The van der Waals surface area contributed by atoms with E-state index in [1.807, 2.05) is 0 Å². The lowest BCUT2D eigenvalue weighted by molar-refractivity contribution is 0.358. The van der Waals surface area contributed by atoms with E-state index in [1.165, 1.54) is 13.2 Å². The number of methoxy groups -OCH3 is 1. The minimum absolute atomic E-state index is 0.0890. The zero-order chi connectivity index (χ0) is 13.3. The van der Waals surface area contributed by atoms with Crippen molar-refractivity contribution in [3.63, 3.8) is 0 Å². The van der Waals surface area contributed by atoms with Crippen LogP contribution in [0.5, 0.6) is 5.75 Å². The summed E-state index contributed by atoms with van der Waals surface area (Å²) in [5.74, 6) is -2.16. The number of ether oxygens (including phenoxy) is 1. The fourth-order valence-corrected chi connectivity index (χ4v) is 3.06. The first-order valence-electron chi connectivity index (χ1n) is 5.98. The Hall–Kier alpha value is -0.870. The van der Waals surface area contributed by atoms with Gasteiger partial charge in [-0.05, 0) is 18.9 Å². The first-order chi connectivity index (χ1) is 8.55. The molecule has 1 saturated carbocycles. The average Bonchev–Trinajstić information content (AvgIpc) is 2.84. The third-order valence-corrected chi connectivity index (χ3v) is 4.12. The third-order valence-electron chi connectivity index (χ3n) is 3.84. The van der Waals surface area contributed by atoms with Crippen molar-refractivity contribution in [2.24, 2.45) is 5.73 Å². The summed E-state index contributed by atoms with van der Waals surface area (Å²) >= 11 is 5.93. The molecule has 1 aromatic rings. The largest absolute Gasteiger partial charge is 0.492 e. The van der Waals surface area contributed by atoms with Gasteiger partial charge in [-0.25, -0.2) is 4.39 Å². The van der Waals surface area contributed by atoms with Crippen LogP contribution in [-0.4, -0.2) is 13.7 Å². The molecule has 0 spiro atoms.